The average molecular weight is 428 g/mol. The average Bonchev–Trinajstić information content (AvgIpc) is 2.70. The van der Waals surface area contributed by atoms with Gasteiger partial charge in [0.15, 0.2) is 0 Å². The molecule has 0 saturated carbocycles. The van der Waals surface area contributed by atoms with Gasteiger partial charge in [-0.15, -0.1) is 0 Å². The molecule has 1 aliphatic heterocycles. The highest BCUT2D eigenvalue weighted by Crippen LogP contribution is 2.47. The summed E-state index contributed by atoms with van der Waals surface area (Å²) in [7, 11) is -1.18. The van der Waals surface area contributed by atoms with Gasteiger partial charge in [0.2, 0.25) is 0 Å². The summed E-state index contributed by atoms with van der Waals surface area (Å²) in [5.74, 6) is -0.558. The van der Waals surface area contributed by atoms with Gasteiger partial charge in [0.1, 0.15) is 12.4 Å². The zero-order valence-electron chi connectivity index (χ0n) is 17.8. The van der Waals surface area contributed by atoms with Crippen molar-refractivity contribution in [3.8, 4) is 0 Å². The number of piperidine rings is 1. The number of aldehydes is 1. The number of carbonyl (C=O) groups excluding carboxylic acids is 2. The van der Waals surface area contributed by atoms with Gasteiger partial charge in [0.05, 0.1) is 25.2 Å². The van der Waals surface area contributed by atoms with E-state index in [1.54, 1.807) is 33.2 Å². The van der Waals surface area contributed by atoms with Crippen molar-refractivity contribution in [3.63, 3.8) is 0 Å². The highest BCUT2D eigenvalue weighted by molar-refractivity contribution is 7.54. The molecule has 2 heterocycles. The van der Waals surface area contributed by atoms with E-state index in [9.17, 15) is 14.2 Å². The number of esters is 1. The van der Waals surface area contributed by atoms with E-state index in [2.05, 4.69) is 21.7 Å². The summed E-state index contributed by atoms with van der Waals surface area (Å²) < 4.78 is 26.3. The third-order valence-corrected chi connectivity index (χ3v) is 6.59. The Balaban J connectivity index is 0.000000291. The van der Waals surface area contributed by atoms with Crippen molar-refractivity contribution >= 4 is 19.9 Å². The van der Waals surface area contributed by atoms with Crippen molar-refractivity contribution in [3.05, 3.63) is 30.1 Å². The normalized spacial score (nSPS) is 16.4. The smallest absolute Gasteiger partial charge is 0.341 e. The van der Waals surface area contributed by atoms with E-state index in [0.717, 1.165) is 37.8 Å². The number of hydrogen-bond acceptors (Lipinski definition) is 8. The van der Waals surface area contributed by atoms with Crippen molar-refractivity contribution < 1.29 is 27.9 Å². The number of aromatic nitrogens is 1. The van der Waals surface area contributed by atoms with E-state index in [1.165, 1.54) is 0 Å². The number of likely N-dealkylation sites (tertiary alicyclic amines) is 1. The third-order valence-electron chi connectivity index (χ3n) is 4.64. The summed E-state index contributed by atoms with van der Waals surface area (Å²) in [6.45, 7) is 7.80. The summed E-state index contributed by atoms with van der Waals surface area (Å²) in [4.78, 5) is 28.7. The molecular weight excluding hydrogens is 395 g/mol. The predicted octanol–water partition coefficient (Wildman–Crippen LogP) is 3.06. The molecule has 1 fully saturated rings. The van der Waals surface area contributed by atoms with E-state index in [4.69, 9.17) is 9.05 Å². The monoisotopic (exact) mass is 428 g/mol. The minimum absolute atomic E-state index is 0.247. The van der Waals surface area contributed by atoms with Crippen LogP contribution >= 0.6 is 7.60 Å². The molecule has 1 aromatic rings. The summed E-state index contributed by atoms with van der Waals surface area (Å²) in [6.07, 6.45) is 6.16. The Hall–Kier alpha value is -1.60. The zero-order valence-corrected chi connectivity index (χ0v) is 18.7. The fraction of sp³-hybridized carbons (Fsp3) is 0.650. The largest absolute Gasteiger partial charge is 0.466 e. The molecule has 1 saturated heterocycles. The van der Waals surface area contributed by atoms with Gasteiger partial charge in [-0.25, -0.2) is 0 Å². The number of carbonyl (C=O) groups is 2. The van der Waals surface area contributed by atoms with E-state index in [0.29, 0.717) is 0 Å². The van der Waals surface area contributed by atoms with Crippen LogP contribution in [0.15, 0.2) is 24.5 Å². The van der Waals surface area contributed by atoms with Crippen LogP contribution in [0.1, 0.15) is 39.2 Å². The van der Waals surface area contributed by atoms with E-state index in [-0.39, 0.29) is 31.4 Å². The van der Waals surface area contributed by atoms with Crippen molar-refractivity contribution in [2.75, 3.05) is 46.1 Å². The van der Waals surface area contributed by atoms with Gasteiger partial charge in [0.25, 0.3) is 0 Å². The van der Waals surface area contributed by atoms with Crippen LogP contribution in [0.3, 0.4) is 0 Å². The van der Waals surface area contributed by atoms with Gasteiger partial charge in [-0.2, -0.15) is 0 Å². The number of hydrogen-bond donors (Lipinski definition) is 0. The first-order valence-corrected chi connectivity index (χ1v) is 11.7. The molecule has 2 rings (SSSR count). The Bertz CT molecular complexity index is 652. The van der Waals surface area contributed by atoms with Crippen LogP contribution in [0.4, 0.5) is 0 Å². The molecule has 0 spiro atoms. The maximum Gasteiger partial charge on any atom is 0.341 e. The van der Waals surface area contributed by atoms with E-state index < -0.39 is 13.6 Å². The van der Waals surface area contributed by atoms with Crippen LogP contribution in [-0.2, 0) is 33.4 Å². The molecule has 9 heteroatoms. The number of ether oxygens (including phenoxy) is 1. The number of pyridine rings is 1. The van der Waals surface area contributed by atoms with Gasteiger partial charge in [0, 0.05) is 12.4 Å². The molecule has 0 atom stereocenters. The first kappa shape index (κ1) is 25.4. The SMILES string of the molecule is CCOC(=O)CP(=O)(OCC)OCC.CN1CCC(C=O)(c2ccncc2)CC1. The first-order chi connectivity index (χ1) is 13.8. The third kappa shape index (κ3) is 8.34. The summed E-state index contributed by atoms with van der Waals surface area (Å²) in [6, 6.07) is 3.92. The molecule has 0 aliphatic carbocycles. The molecule has 8 nitrogen and oxygen atoms in total. The molecule has 0 aromatic carbocycles. The molecule has 164 valence electrons. The van der Waals surface area contributed by atoms with E-state index >= 15 is 0 Å². The van der Waals surface area contributed by atoms with Gasteiger partial charge < -0.3 is 23.5 Å². The standard InChI is InChI=1S/C12H16N2O.C8H17O5P/c1-14-8-4-12(10-15,5-9-14)11-2-6-13-7-3-11;1-4-11-8(9)7-14(10,12-5-2)13-6-3/h2-3,6-7,10H,4-5,8-9H2,1H3;4-7H2,1-3H3. The molecule has 1 aliphatic rings. The fourth-order valence-corrected chi connectivity index (χ4v) is 4.51. The van der Waals surface area contributed by atoms with Crippen LogP contribution in [0.25, 0.3) is 0 Å². The maximum absolute atomic E-state index is 11.8. The van der Waals surface area contributed by atoms with Crippen molar-refractivity contribution in [1.82, 2.24) is 9.88 Å². The quantitative estimate of drug-likeness (QED) is 0.336. The molecule has 0 radical (unpaired) electrons. The second-order valence-corrected chi connectivity index (χ2v) is 8.78. The highest BCUT2D eigenvalue weighted by Gasteiger charge is 2.35. The van der Waals surface area contributed by atoms with E-state index in [1.807, 2.05) is 12.1 Å². The van der Waals surface area contributed by atoms with Crippen LogP contribution in [0.2, 0.25) is 0 Å². The van der Waals surface area contributed by atoms with Crippen LogP contribution in [-0.4, -0.2) is 68.3 Å². The van der Waals surface area contributed by atoms with Crippen molar-refractivity contribution in [2.24, 2.45) is 0 Å². The Morgan fingerprint density at radius 3 is 2.14 bits per heavy atom. The fourth-order valence-electron chi connectivity index (χ4n) is 3.06. The second-order valence-electron chi connectivity index (χ2n) is 6.72. The predicted molar refractivity (Wildman–Crippen MR) is 111 cm³/mol. The Morgan fingerprint density at radius 2 is 1.69 bits per heavy atom. The summed E-state index contributed by atoms with van der Waals surface area (Å²) in [5.41, 5.74) is 0.843. The highest BCUT2D eigenvalue weighted by atomic mass is 31.2. The zero-order chi connectivity index (χ0) is 21.8. The molecule has 1 aromatic heterocycles. The summed E-state index contributed by atoms with van der Waals surface area (Å²) >= 11 is 0. The van der Waals surface area contributed by atoms with Gasteiger partial charge in [-0.05, 0) is 71.4 Å². The molecule has 0 N–H and O–H groups in total. The Kier molecular flexibility index (Phi) is 11.3. The lowest BCUT2D eigenvalue weighted by Crippen LogP contribution is -2.41. The van der Waals surface area contributed by atoms with Crippen molar-refractivity contribution in [1.29, 1.82) is 0 Å². The topological polar surface area (TPSA) is 95.0 Å². The van der Waals surface area contributed by atoms with Crippen LogP contribution < -0.4 is 0 Å². The second kappa shape index (κ2) is 12.9. The molecule has 0 unspecified atom stereocenters. The van der Waals surface area contributed by atoms with Gasteiger partial charge in [-0.1, -0.05) is 0 Å². The number of rotatable bonds is 9. The molecule has 29 heavy (non-hydrogen) atoms. The lowest BCUT2D eigenvalue weighted by molar-refractivity contribution is -0.140. The van der Waals surface area contributed by atoms with Gasteiger partial charge >= 0.3 is 13.6 Å². The minimum Gasteiger partial charge on any atom is -0.466 e. The Morgan fingerprint density at radius 1 is 1.14 bits per heavy atom. The molecule has 0 amide bonds. The van der Waals surface area contributed by atoms with Crippen molar-refractivity contribution in [2.45, 2.75) is 39.0 Å². The summed E-state index contributed by atoms with van der Waals surface area (Å²) in [5, 5.41) is 0. The number of nitrogens with zero attached hydrogens (tertiary/aromatic N) is 2. The lowest BCUT2D eigenvalue weighted by atomic mass is 9.74. The lowest BCUT2D eigenvalue weighted by Gasteiger charge is -2.36. The minimum atomic E-state index is -3.28. The van der Waals surface area contributed by atoms with Crippen LogP contribution in [0.5, 0.6) is 0 Å². The Labute approximate surface area is 173 Å². The van der Waals surface area contributed by atoms with Crippen LogP contribution in [0, 0.1) is 0 Å². The molecular formula is C20H33N2O6P. The van der Waals surface area contributed by atoms with Gasteiger partial charge in [-0.3, -0.25) is 14.3 Å². The maximum atomic E-state index is 11.8. The molecule has 0 bridgehead atoms. The first-order valence-electron chi connectivity index (χ1n) is 9.93.